The molecule has 0 unspecified atom stereocenters. The van der Waals surface area contributed by atoms with Crippen LogP contribution in [0.5, 0.6) is 0 Å². The average molecular weight is 254 g/mol. The second kappa shape index (κ2) is 5.19. The first-order valence-corrected chi connectivity index (χ1v) is 5.80. The summed E-state index contributed by atoms with van der Waals surface area (Å²) in [5.74, 6) is 0.797. The maximum atomic E-state index is 9.87. The number of pyridine rings is 1. The Kier molecular flexibility index (Phi) is 3.82. The molecule has 0 bridgehead atoms. The van der Waals surface area contributed by atoms with Crippen molar-refractivity contribution in [2.45, 2.75) is 24.4 Å². The smallest absolute Gasteiger partial charge is 0.127 e. The normalized spacial score (nSPS) is 31.6. The first-order chi connectivity index (χ1) is 8.54. The van der Waals surface area contributed by atoms with Crippen molar-refractivity contribution in [1.29, 1.82) is 0 Å². The van der Waals surface area contributed by atoms with Gasteiger partial charge in [0.25, 0.3) is 0 Å². The lowest BCUT2D eigenvalue weighted by Gasteiger charge is -2.16. The molecule has 0 radical (unpaired) electrons. The van der Waals surface area contributed by atoms with Crippen LogP contribution in [0, 0.1) is 0 Å². The van der Waals surface area contributed by atoms with Gasteiger partial charge in [0, 0.05) is 25.9 Å². The fraction of sp³-hybridized carbons (Fsp3) is 0.583. The monoisotopic (exact) mass is 254 g/mol. The standard InChI is InChI=1S/C12H18N2O4/c1-14(2)9-4-3-7(5-13-9)12-11(17)10(16)8(6-15)18-12/h3-5,8,10-12,15-17H,6H2,1-2H3/t8-,10-,11-,12+/m1/s1. The Balaban J connectivity index is 2.17. The summed E-state index contributed by atoms with van der Waals surface area (Å²) in [6.07, 6.45) is -1.92. The molecule has 3 N–H and O–H groups in total. The molecular formula is C12H18N2O4. The maximum absolute atomic E-state index is 9.87. The summed E-state index contributed by atoms with van der Waals surface area (Å²) in [4.78, 5) is 6.09. The number of rotatable bonds is 3. The van der Waals surface area contributed by atoms with Gasteiger partial charge in [0.05, 0.1) is 6.61 Å². The van der Waals surface area contributed by atoms with Crippen molar-refractivity contribution >= 4 is 5.82 Å². The third-order valence-electron chi connectivity index (χ3n) is 3.10. The highest BCUT2D eigenvalue weighted by molar-refractivity contribution is 5.38. The zero-order chi connectivity index (χ0) is 13.3. The lowest BCUT2D eigenvalue weighted by Crippen LogP contribution is -2.32. The van der Waals surface area contributed by atoms with Crippen LogP contribution in [-0.4, -0.2) is 59.3 Å². The summed E-state index contributed by atoms with van der Waals surface area (Å²) in [7, 11) is 3.77. The van der Waals surface area contributed by atoms with Crippen LogP contribution in [0.25, 0.3) is 0 Å². The van der Waals surface area contributed by atoms with E-state index in [1.54, 1.807) is 12.3 Å². The van der Waals surface area contributed by atoms with Crippen molar-refractivity contribution in [1.82, 2.24) is 4.98 Å². The molecule has 4 atom stereocenters. The fourth-order valence-electron chi connectivity index (χ4n) is 2.01. The number of aliphatic hydroxyl groups is 3. The molecule has 6 heteroatoms. The van der Waals surface area contributed by atoms with Crippen molar-refractivity contribution in [2.24, 2.45) is 0 Å². The molecule has 2 rings (SSSR count). The highest BCUT2D eigenvalue weighted by Gasteiger charge is 2.43. The summed E-state index contributed by atoms with van der Waals surface area (Å²) in [5.41, 5.74) is 0.683. The number of anilines is 1. The predicted molar refractivity (Wildman–Crippen MR) is 65.3 cm³/mol. The van der Waals surface area contributed by atoms with Crippen LogP contribution in [0.15, 0.2) is 18.3 Å². The summed E-state index contributed by atoms with van der Waals surface area (Å²) in [6.45, 7) is -0.321. The Morgan fingerprint density at radius 3 is 2.44 bits per heavy atom. The summed E-state index contributed by atoms with van der Waals surface area (Å²) < 4.78 is 5.42. The quantitative estimate of drug-likeness (QED) is 0.661. The van der Waals surface area contributed by atoms with Crippen LogP contribution < -0.4 is 4.90 Å². The van der Waals surface area contributed by atoms with Crippen LogP contribution in [0.4, 0.5) is 5.82 Å². The second-order valence-corrected chi connectivity index (χ2v) is 4.60. The number of aliphatic hydroxyl groups excluding tert-OH is 3. The van der Waals surface area contributed by atoms with E-state index in [0.29, 0.717) is 5.56 Å². The fourth-order valence-corrected chi connectivity index (χ4v) is 2.01. The molecular weight excluding hydrogens is 236 g/mol. The molecule has 6 nitrogen and oxygen atoms in total. The molecule has 18 heavy (non-hydrogen) atoms. The molecule has 1 aliphatic rings. The summed E-state index contributed by atoms with van der Waals surface area (Å²) in [5, 5.41) is 28.6. The van der Waals surface area contributed by atoms with Gasteiger partial charge in [-0.05, 0) is 6.07 Å². The van der Waals surface area contributed by atoms with Gasteiger partial charge < -0.3 is 25.0 Å². The van der Waals surface area contributed by atoms with E-state index in [1.807, 2.05) is 25.1 Å². The molecule has 0 aromatic carbocycles. The molecule has 1 aromatic heterocycles. The molecule has 1 aromatic rings. The minimum absolute atomic E-state index is 0.321. The van der Waals surface area contributed by atoms with Gasteiger partial charge in [0.2, 0.25) is 0 Å². The predicted octanol–water partition coefficient (Wildman–Crippen LogP) is -0.698. The molecule has 0 aliphatic carbocycles. The van der Waals surface area contributed by atoms with E-state index in [-0.39, 0.29) is 6.61 Å². The highest BCUT2D eigenvalue weighted by atomic mass is 16.6. The second-order valence-electron chi connectivity index (χ2n) is 4.60. The van der Waals surface area contributed by atoms with E-state index in [4.69, 9.17) is 9.84 Å². The summed E-state index contributed by atoms with van der Waals surface area (Å²) in [6, 6.07) is 3.60. The van der Waals surface area contributed by atoms with Crippen LogP contribution >= 0.6 is 0 Å². The molecule has 0 saturated carbocycles. The van der Waals surface area contributed by atoms with E-state index in [1.165, 1.54) is 0 Å². The SMILES string of the molecule is CN(C)c1ccc([C@@H]2O[C@H](CO)[C@@H](O)[C@H]2O)cn1. The molecule has 0 amide bonds. The number of aromatic nitrogens is 1. The largest absolute Gasteiger partial charge is 0.394 e. The van der Waals surface area contributed by atoms with Crippen molar-refractivity contribution in [2.75, 3.05) is 25.6 Å². The van der Waals surface area contributed by atoms with Gasteiger partial charge in [-0.2, -0.15) is 0 Å². The Morgan fingerprint density at radius 1 is 1.28 bits per heavy atom. The lowest BCUT2D eigenvalue weighted by molar-refractivity contribution is -0.0228. The van der Waals surface area contributed by atoms with Crippen molar-refractivity contribution in [3.63, 3.8) is 0 Å². The third-order valence-corrected chi connectivity index (χ3v) is 3.10. The van der Waals surface area contributed by atoms with Crippen LogP contribution in [0.2, 0.25) is 0 Å². The van der Waals surface area contributed by atoms with Crippen molar-refractivity contribution in [3.05, 3.63) is 23.9 Å². The van der Waals surface area contributed by atoms with E-state index < -0.39 is 24.4 Å². The topological polar surface area (TPSA) is 86.1 Å². The molecule has 0 spiro atoms. The molecule has 2 heterocycles. The molecule has 1 fully saturated rings. The van der Waals surface area contributed by atoms with Crippen LogP contribution in [-0.2, 0) is 4.74 Å². The van der Waals surface area contributed by atoms with E-state index in [2.05, 4.69) is 4.98 Å². The summed E-state index contributed by atoms with van der Waals surface area (Å²) >= 11 is 0. The van der Waals surface area contributed by atoms with Gasteiger partial charge in [-0.25, -0.2) is 4.98 Å². The van der Waals surface area contributed by atoms with Gasteiger partial charge in [-0.3, -0.25) is 0 Å². The van der Waals surface area contributed by atoms with Gasteiger partial charge in [-0.1, -0.05) is 6.07 Å². The van der Waals surface area contributed by atoms with Gasteiger partial charge in [0.15, 0.2) is 0 Å². The van der Waals surface area contributed by atoms with Crippen molar-refractivity contribution in [3.8, 4) is 0 Å². The minimum atomic E-state index is -1.08. The van der Waals surface area contributed by atoms with Crippen LogP contribution in [0.1, 0.15) is 11.7 Å². The zero-order valence-electron chi connectivity index (χ0n) is 10.4. The zero-order valence-corrected chi connectivity index (χ0v) is 10.4. The Labute approximate surface area is 105 Å². The number of ether oxygens (including phenoxy) is 1. The lowest BCUT2D eigenvalue weighted by atomic mass is 10.0. The highest BCUT2D eigenvalue weighted by Crippen LogP contribution is 2.33. The molecule has 100 valence electrons. The average Bonchev–Trinajstić information content (AvgIpc) is 2.66. The van der Waals surface area contributed by atoms with Gasteiger partial charge in [0.1, 0.15) is 30.2 Å². The van der Waals surface area contributed by atoms with E-state index in [0.717, 1.165) is 5.82 Å². The number of hydrogen-bond acceptors (Lipinski definition) is 6. The van der Waals surface area contributed by atoms with Gasteiger partial charge >= 0.3 is 0 Å². The third kappa shape index (κ3) is 2.32. The first-order valence-electron chi connectivity index (χ1n) is 5.80. The Hall–Kier alpha value is -1.21. The Bertz CT molecular complexity index is 396. The minimum Gasteiger partial charge on any atom is -0.394 e. The van der Waals surface area contributed by atoms with Gasteiger partial charge in [-0.15, -0.1) is 0 Å². The van der Waals surface area contributed by atoms with E-state index >= 15 is 0 Å². The van der Waals surface area contributed by atoms with E-state index in [9.17, 15) is 10.2 Å². The van der Waals surface area contributed by atoms with Crippen molar-refractivity contribution < 1.29 is 20.1 Å². The number of nitrogens with zero attached hydrogens (tertiary/aromatic N) is 2. The van der Waals surface area contributed by atoms with Crippen LogP contribution in [0.3, 0.4) is 0 Å². The first kappa shape index (κ1) is 13.2. The molecule has 1 aliphatic heterocycles. The molecule has 1 saturated heterocycles. The Morgan fingerprint density at radius 2 is 2.00 bits per heavy atom. The maximum Gasteiger partial charge on any atom is 0.127 e. The number of hydrogen-bond donors (Lipinski definition) is 3.